The summed E-state index contributed by atoms with van der Waals surface area (Å²) in [6.07, 6.45) is -0.625. The summed E-state index contributed by atoms with van der Waals surface area (Å²) in [5, 5.41) is 3.38. The lowest BCUT2D eigenvalue weighted by molar-refractivity contribution is -0.134. The molecule has 3 heterocycles. The Morgan fingerprint density at radius 2 is 1.90 bits per heavy atom. The Morgan fingerprint density at radius 3 is 2.52 bits per heavy atom. The van der Waals surface area contributed by atoms with E-state index in [1.807, 2.05) is 0 Å². The molecule has 0 radical (unpaired) electrons. The van der Waals surface area contributed by atoms with Crippen LogP contribution in [0.3, 0.4) is 0 Å². The molecule has 21 heavy (non-hydrogen) atoms. The number of piperidine rings is 1. The molecule has 2 saturated heterocycles. The summed E-state index contributed by atoms with van der Waals surface area (Å²) in [5.41, 5.74) is 0.412. The van der Waals surface area contributed by atoms with E-state index >= 15 is 0 Å². The monoisotopic (exact) mass is 340 g/mol. The van der Waals surface area contributed by atoms with Gasteiger partial charge in [-0.1, -0.05) is 0 Å². The molecule has 0 bridgehead atoms. The van der Waals surface area contributed by atoms with E-state index in [1.165, 1.54) is 25.3 Å². The third-order valence-corrected chi connectivity index (χ3v) is 5.62. The number of nitrogens with zero attached hydrogens (tertiary/aromatic N) is 1. The van der Waals surface area contributed by atoms with E-state index in [4.69, 9.17) is 0 Å². The average Bonchev–Trinajstić information content (AvgIpc) is 2.99. The predicted octanol–water partition coefficient (Wildman–Crippen LogP) is 3.76. The largest absolute Gasteiger partial charge is 0.425 e. The molecule has 1 aromatic heterocycles. The highest BCUT2D eigenvalue weighted by Gasteiger charge is 2.39. The molecular formula is C14H20ClF3N2S. The maximum Gasteiger partial charge on any atom is 0.425 e. The maximum absolute atomic E-state index is 12.6. The van der Waals surface area contributed by atoms with E-state index in [1.54, 1.807) is 6.07 Å². The van der Waals surface area contributed by atoms with Gasteiger partial charge < -0.3 is 5.32 Å². The summed E-state index contributed by atoms with van der Waals surface area (Å²) < 4.78 is 37.8. The van der Waals surface area contributed by atoms with Gasteiger partial charge in [0.2, 0.25) is 0 Å². The third-order valence-electron chi connectivity index (χ3n) is 4.50. The second kappa shape index (κ2) is 6.44. The van der Waals surface area contributed by atoms with Crippen LogP contribution in [0.2, 0.25) is 0 Å². The van der Waals surface area contributed by atoms with Crippen molar-refractivity contribution in [3.63, 3.8) is 0 Å². The van der Waals surface area contributed by atoms with Crippen LogP contribution in [0.15, 0.2) is 12.1 Å². The molecule has 0 aromatic carbocycles. The lowest BCUT2D eigenvalue weighted by atomic mass is 9.78. The van der Waals surface area contributed by atoms with Crippen LogP contribution in [0.25, 0.3) is 0 Å². The number of halogens is 4. The minimum Gasteiger partial charge on any atom is -0.317 e. The molecule has 0 atom stereocenters. The van der Waals surface area contributed by atoms with Crippen molar-refractivity contribution in [2.75, 3.05) is 26.2 Å². The molecule has 1 aromatic rings. The maximum atomic E-state index is 12.6. The highest BCUT2D eigenvalue weighted by atomic mass is 35.5. The van der Waals surface area contributed by atoms with Gasteiger partial charge in [0.1, 0.15) is 4.88 Å². The van der Waals surface area contributed by atoms with E-state index in [0.29, 0.717) is 12.0 Å². The quantitative estimate of drug-likeness (QED) is 0.881. The minimum absolute atomic E-state index is 0. The smallest absolute Gasteiger partial charge is 0.317 e. The molecule has 0 saturated carbocycles. The first-order valence-electron chi connectivity index (χ1n) is 7.06. The van der Waals surface area contributed by atoms with Crippen molar-refractivity contribution in [2.24, 2.45) is 5.41 Å². The van der Waals surface area contributed by atoms with Gasteiger partial charge in [-0.2, -0.15) is 13.2 Å². The van der Waals surface area contributed by atoms with Gasteiger partial charge in [-0.15, -0.1) is 23.7 Å². The Balaban J connectivity index is 0.00000161. The molecule has 0 unspecified atom stereocenters. The Hall–Kier alpha value is -0.300. The lowest BCUT2D eigenvalue weighted by Gasteiger charge is -2.33. The zero-order valence-electron chi connectivity index (χ0n) is 11.7. The number of hydrogen-bond acceptors (Lipinski definition) is 3. The predicted molar refractivity (Wildman–Crippen MR) is 81.0 cm³/mol. The molecular weight excluding hydrogens is 321 g/mol. The van der Waals surface area contributed by atoms with Gasteiger partial charge in [0.05, 0.1) is 0 Å². The fourth-order valence-electron chi connectivity index (χ4n) is 3.36. The van der Waals surface area contributed by atoms with Crippen LogP contribution < -0.4 is 5.32 Å². The van der Waals surface area contributed by atoms with Crippen molar-refractivity contribution in [3.05, 3.63) is 21.9 Å². The standard InChI is InChI=1S/C14H19F3N2S.ClH/c15-14(16,17)12-2-1-11(20-12)9-19-8-5-13(10-19)3-6-18-7-4-13;/h1-2,18H,3-10H2;1H. The third kappa shape index (κ3) is 3.92. The fraction of sp³-hybridized carbons (Fsp3) is 0.714. The van der Waals surface area contributed by atoms with Gasteiger partial charge in [0, 0.05) is 18.0 Å². The number of nitrogens with one attached hydrogen (secondary N) is 1. The summed E-state index contributed by atoms with van der Waals surface area (Å²) in [5.74, 6) is 0. The van der Waals surface area contributed by atoms with Crippen molar-refractivity contribution >= 4 is 23.7 Å². The highest BCUT2D eigenvalue weighted by molar-refractivity contribution is 7.12. The Labute approximate surface area is 133 Å². The molecule has 120 valence electrons. The van der Waals surface area contributed by atoms with Crippen LogP contribution in [0, 0.1) is 5.41 Å². The van der Waals surface area contributed by atoms with Crippen LogP contribution in [0.4, 0.5) is 13.2 Å². The SMILES string of the molecule is Cl.FC(F)(F)c1ccc(CN2CCC3(CCNCC3)C2)s1. The summed E-state index contributed by atoms with van der Waals surface area (Å²) in [6.45, 7) is 4.86. The van der Waals surface area contributed by atoms with E-state index in [2.05, 4.69) is 10.2 Å². The zero-order valence-corrected chi connectivity index (χ0v) is 13.3. The molecule has 2 nitrogen and oxygen atoms in total. The van der Waals surface area contributed by atoms with Crippen LogP contribution in [0.5, 0.6) is 0 Å². The normalized spacial score (nSPS) is 22.4. The fourth-order valence-corrected chi connectivity index (χ4v) is 4.28. The lowest BCUT2D eigenvalue weighted by Crippen LogP contribution is -2.38. The van der Waals surface area contributed by atoms with Crippen molar-refractivity contribution in [3.8, 4) is 0 Å². The average molecular weight is 341 g/mol. The summed E-state index contributed by atoms with van der Waals surface area (Å²) in [7, 11) is 0. The number of likely N-dealkylation sites (tertiary alicyclic amines) is 1. The van der Waals surface area contributed by atoms with E-state index in [0.717, 1.165) is 42.4 Å². The van der Waals surface area contributed by atoms with Gasteiger partial charge in [-0.25, -0.2) is 0 Å². The second-order valence-electron chi connectivity index (χ2n) is 5.97. The van der Waals surface area contributed by atoms with Gasteiger partial charge in [0.25, 0.3) is 0 Å². The number of hydrogen-bond donors (Lipinski definition) is 1. The highest BCUT2D eigenvalue weighted by Crippen LogP contribution is 2.40. The van der Waals surface area contributed by atoms with Crippen molar-refractivity contribution in [1.29, 1.82) is 0 Å². The Kier molecular flexibility index (Phi) is 5.23. The summed E-state index contributed by atoms with van der Waals surface area (Å²) in [4.78, 5) is 2.66. The molecule has 1 N–H and O–H groups in total. The van der Waals surface area contributed by atoms with Crippen LogP contribution >= 0.6 is 23.7 Å². The van der Waals surface area contributed by atoms with E-state index in [-0.39, 0.29) is 12.4 Å². The first kappa shape index (κ1) is 17.1. The van der Waals surface area contributed by atoms with E-state index in [9.17, 15) is 13.2 Å². The van der Waals surface area contributed by atoms with Crippen LogP contribution in [-0.2, 0) is 12.7 Å². The molecule has 1 spiro atoms. The van der Waals surface area contributed by atoms with Gasteiger partial charge in [-0.05, 0) is 56.4 Å². The molecule has 2 aliphatic rings. The Bertz CT molecular complexity index is 469. The van der Waals surface area contributed by atoms with Crippen molar-refractivity contribution in [2.45, 2.75) is 32.0 Å². The Morgan fingerprint density at radius 1 is 1.19 bits per heavy atom. The summed E-state index contributed by atoms with van der Waals surface area (Å²) >= 11 is 0.883. The topological polar surface area (TPSA) is 15.3 Å². The van der Waals surface area contributed by atoms with Crippen molar-refractivity contribution in [1.82, 2.24) is 10.2 Å². The molecule has 2 aliphatic heterocycles. The minimum atomic E-state index is -4.20. The molecule has 7 heteroatoms. The molecule has 3 rings (SSSR count). The number of rotatable bonds is 2. The van der Waals surface area contributed by atoms with Crippen LogP contribution in [-0.4, -0.2) is 31.1 Å². The summed E-state index contributed by atoms with van der Waals surface area (Å²) in [6, 6.07) is 2.83. The number of alkyl halides is 3. The van der Waals surface area contributed by atoms with Gasteiger partial charge in [-0.3, -0.25) is 4.90 Å². The first-order chi connectivity index (χ1) is 9.47. The molecule has 2 fully saturated rings. The second-order valence-corrected chi connectivity index (χ2v) is 7.14. The number of thiophene rings is 1. The molecule has 0 aliphatic carbocycles. The zero-order chi connectivity index (χ0) is 14.2. The van der Waals surface area contributed by atoms with Crippen molar-refractivity contribution < 1.29 is 13.2 Å². The first-order valence-corrected chi connectivity index (χ1v) is 7.88. The van der Waals surface area contributed by atoms with Gasteiger partial charge >= 0.3 is 6.18 Å². The van der Waals surface area contributed by atoms with Crippen LogP contribution in [0.1, 0.15) is 29.0 Å². The van der Waals surface area contributed by atoms with Gasteiger partial charge in [0.15, 0.2) is 0 Å². The molecule has 0 amide bonds. The van der Waals surface area contributed by atoms with E-state index < -0.39 is 11.1 Å².